The van der Waals surface area contributed by atoms with Gasteiger partial charge in [0.15, 0.2) is 5.78 Å². The summed E-state index contributed by atoms with van der Waals surface area (Å²) in [5, 5.41) is 0. The van der Waals surface area contributed by atoms with Gasteiger partial charge < -0.3 is 4.74 Å². The van der Waals surface area contributed by atoms with Crippen molar-refractivity contribution in [1.82, 2.24) is 0 Å². The van der Waals surface area contributed by atoms with Gasteiger partial charge in [-0.15, -0.1) is 12.3 Å². The number of carbonyl (C=O) groups is 2. The number of hydrogen-bond acceptors (Lipinski definition) is 3. The van der Waals surface area contributed by atoms with Gasteiger partial charge in [-0.1, -0.05) is 0 Å². The van der Waals surface area contributed by atoms with Gasteiger partial charge in [-0.2, -0.15) is 0 Å². The molecule has 0 aromatic rings. The molecular formula is C10H12O3. The molecule has 1 rings (SSSR count). The molecule has 1 aliphatic carbocycles. The molecule has 0 bridgehead atoms. The molecule has 3 nitrogen and oxygen atoms in total. The Morgan fingerprint density at radius 3 is 2.85 bits per heavy atom. The van der Waals surface area contributed by atoms with Crippen LogP contribution >= 0.6 is 0 Å². The van der Waals surface area contributed by atoms with Gasteiger partial charge in [-0.05, 0) is 12.8 Å². The fraction of sp³-hybridized carbons (Fsp3) is 0.600. The topological polar surface area (TPSA) is 43.4 Å². The number of esters is 1. The standard InChI is InChI=1S/C10H12O3/c1-3-6-10(9(12)13-2)7-4-5-8(10)11/h1H,4-7H2,2H3. The van der Waals surface area contributed by atoms with Crippen LogP contribution in [0, 0.1) is 17.8 Å². The predicted octanol–water partition coefficient (Wildman–Crippen LogP) is 0.922. The van der Waals surface area contributed by atoms with Crippen molar-refractivity contribution in [3.05, 3.63) is 0 Å². The van der Waals surface area contributed by atoms with E-state index in [1.165, 1.54) is 7.11 Å². The zero-order valence-electron chi connectivity index (χ0n) is 7.63. The second-order valence-electron chi connectivity index (χ2n) is 3.23. The second-order valence-corrected chi connectivity index (χ2v) is 3.23. The number of ether oxygens (including phenoxy) is 1. The van der Waals surface area contributed by atoms with E-state index in [4.69, 9.17) is 6.42 Å². The Balaban J connectivity index is 2.94. The van der Waals surface area contributed by atoms with Crippen LogP contribution in [0.1, 0.15) is 25.7 Å². The molecule has 0 radical (unpaired) electrons. The molecule has 0 amide bonds. The molecule has 0 N–H and O–H groups in total. The lowest BCUT2D eigenvalue weighted by molar-refractivity contribution is -0.156. The quantitative estimate of drug-likeness (QED) is 0.360. The first kappa shape index (κ1) is 9.79. The Morgan fingerprint density at radius 2 is 2.46 bits per heavy atom. The zero-order valence-corrected chi connectivity index (χ0v) is 7.63. The third-order valence-electron chi connectivity index (χ3n) is 2.52. The minimum atomic E-state index is -1.02. The maximum absolute atomic E-state index is 11.5. The van der Waals surface area contributed by atoms with Gasteiger partial charge in [0, 0.05) is 12.8 Å². The van der Waals surface area contributed by atoms with E-state index in [-0.39, 0.29) is 12.2 Å². The van der Waals surface area contributed by atoms with Crippen LogP contribution in [0.4, 0.5) is 0 Å². The second kappa shape index (κ2) is 3.61. The van der Waals surface area contributed by atoms with Gasteiger partial charge in [-0.3, -0.25) is 9.59 Å². The Bertz CT molecular complexity index is 274. The number of rotatable bonds is 2. The van der Waals surface area contributed by atoms with E-state index in [0.29, 0.717) is 12.8 Å². The Morgan fingerprint density at radius 1 is 1.77 bits per heavy atom. The Kier molecular flexibility index (Phi) is 2.72. The van der Waals surface area contributed by atoms with Crippen LogP contribution < -0.4 is 0 Å². The highest BCUT2D eigenvalue weighted by molar-refractivity contribution is 6.05. The summed E-state index contributed by atoms with van der Waals surface area (Å²) in [6.07, 6.45) is 7.01. The highest BCUT2D eigenvalue weighted by Gasteiger charge is 2.48. The average Bonchev–Trinajstić information content (AvgIpc) is 2.48. The molecule has 1 saturated carbocycles. The molecule has 0 spiro atoms. The maximum Gasteiger partial charge on any atom is 0.320 e. The van der Waals surface area contributed by atoms with Crippen LogP contribution in [0.15, 0.2) is 0 Å². The van der Waals surface area contributed by atoms with Crippen molar-refractivity contribution in [2.45, 2.75) is 25.7 Å². The van der Waals surface area contributed by atoms with E-state index in [1.54, 1.807) is 0 Å². The largest absolute Gasteiger partial charge is 0.468 e. The third-order valence-corrected chi connectivity index (χ3v) is 2.52. The van der Waals surface area contributed by atoms with Crippen LogP contribution in [0.3, 0.4) is 0 Å². The summed E-state index contributed by atoms with van der Waals surface area (Å²) in [5.41, 5.74) is -1.02. The molecule has 3 heteroatoms. The normalized spacial score (nSPS) is 26.9. The van der Waals surface area contributed by atoms with Crippen LogP contribution in [-0.4, -0.2) is 18.9 Å². The lowest BCUT2D eigenvalue weighted by Gasteiger charge is -2.21. The van der Waals surface area contributed by atoms with Crippen LogP contribution in [0.2, 0.25) is 0 Å². The van der Waals surface area contributed by atoms with Crippen LogP contribution in [-0.2, 0) is 14.3 Å². The fourth-order valence-corrected chi connectivity index (χ4v) is 1.77. The lowest BCUT2D eigenvalue weighted by atomic mass is 9.82. The van der Waals surface area contributed by atoms with E-state index < -0.39 is 11.4 Å². The summed E-state index contributed by atoms with van der Waals surface area (Å²) >= 11 is 0. The van der Waals surface area contributed by atoms with Gasteiger partial charge in [0.2, 0.25) is 0 Å². The van der Waals surface area contributed by atoms with Crippen molar-refractivity contribution in [3.63, 3.8) is 0 Å². The molecule has 0 heterocycles. The van der Waals surface area contributed by atoms with E-state index in [1.807, 2.05) is 0 Å². The van der Waals surface area contributed by atoms with Crippen molar-refractivity contribution in [3.8, 4) is 12.3 Å². The van der Waals surface area contributed by atoms with E-state index in [2.05, 4.69) is 10.7 Å². The van der Waals surface area contributed by atoms with Gasteiger partial charge in [0.1, 0.15) is 5.41 Å². The number of methoxy groups -OCH3 is 1. The Labute approximate surface area is 77.5 Å². The predicted molar refractivity (Wildman–Crippen MR) is 46.8 cm³/mol. The minimum absolute atomic E-state index is 0.0719. The van der Waals surface area contributed by atoms with Gasteiger partial charge >= 0.3 is 5.97 Å². The van der Waals surface area contributed by atoms with Gasteiger partial charge in [-0.25, -0.2) is 0 Å². The molecule has 1 fully saturated rings. The zero-order chi connectivity index (χ0) is 9.90. The smallest absolute Gasteiger partial charge is 0.320 e. The van der Waals surface area contributed by atoms with E-state index >= 15 is 0 Å². The first-order valence-corrected chi connectivity index (χ1v) is 4.22. The summed E-state index contributed by atoms with van der Waals surface area (Å²) in [4.78, 5) is 22.9. The molecule has 13 heavy (non-hydrogen) atoms. The van der Waals surface area contributed by atoms with Crippen molar-refractivity contribution in [2.24, 2.45) is 5.41 Å². The van der Waals surface area contributed by atoms with Crippen molar-refractivity contribution < 1.29 is 14.3 Å². The van der Waals surface area contributed by atoms with E-state index in [0.717, 1.165) is 6.42 Å². The molecule has 0 aromatic carbocycles. The molecule has 0 saturated heterocycles. The molecule has 1 aliphatic rings. The minimum Gasteiger partial charge on any atom is -0.468 e. The summed E-state index contributed by atoms with van der Waals surface area (Å²) in [6, 6.07) is 0. The van der Waals surface area contributed by atoms with Crippen LogP contribution in [0.25, 0.3) is 0 Å². The SMILES string of the molecule is C#CCC1(C(=O)OC)CCCC1=O. The monoisotopic (exact) mass is 180 g/mol. The molecule has 70 valence electrons. The fourth-order valence-electron chi connectivity index (χ4n) is 1.77. The molecular weight excluding hydrogens is 168 g/mol. The highest BCUT2D eigenvalue weighted by atomic mass is 16.5. The van der Waals surface area contributed by atoms with Crippen LogP contribution in [0.5, 0.6) is 0 Å². The van der Waals surface area contributed by atoms with Crippen molar-refractivity contribution in [1.29, 1.82) is 0 Å². The van der Waals surface area contributed by atoms with Crippen molar-refractivity contribution in [2.75, 3.05) is 7.11 Å². The lowest BCUT2D eigenvalue weighted by Crippen LogP contribution is -2.35. The number of carbonyl (C=O) groups excluding carboxylic acids is 2. The molecule has 1 atom stereocenters. The van der Waals surface area contributed by atoms with Gasteiger partial charge in [0.25, 0.3) is 0 Å². The number of hydrogen-bond donors (Lipinski definition) is 0. The summed E-state index contributed by atoms with van der Waals surface area (Å²) in [6.45, 7) is 0. The average molecular weight is 180 g/mol. The third kappa shape index (κ3) is 1.44. The van der Waals surface area contributed by atoms with Gasteiger partial charge in [0.05, 0.1) is 7.11 Å². The highest BCUT2D eigenvalue weighted by Crippen LogP contribution is 2.38. The first-order valence-electron chi connectivity index (χ1n) is 4.22. The summed E-state index contributed by atoms with van der Waals surface area (Å²) in [5.74, 6) is 1.82. The summed E-state index contributed by atoms with van der Waals surface area (Å²) < 4.78 is 4.61. The van der Waals surface area contributed by atoms with Crippen molar-refractivity contribution >= 4 is 11.8 Å². The van der Waals surface area contributed by atoms with E-state index in [9.17, 15) is 9.59 Å². The molecule has 1 unspecified atom stereocenters. The number of terminal acetylenes is 1. The summed E-state index contributed by atoms with van der Waals surface area (Å²) in [7, 11) is 1.28. The molecule has 0 aliphatic heterocycles. The number of ketones is 1. The molecule has 0 aromatic heterocycles. The first-order chi connectivity index (χ1) is 6.17. The Hall–Kier alpha value is -1.30. The number of Topliss-reactive ketones (excluding diaryl/α,β-unsaturated/α-hetero) is 1. The maximum atomic E-state index is 11.5.